The summed E-state index contributed by atoms with van der Waals surface area (Å²) in [6, 6.07) is 9.06. The van der Waals surface area contributed by atoms with Gasteiger partial charge in [-0.1, -0.05) is 18.2 Å². The highest BCUT2D eigenvalue weighted by molar-refractivity contribution is 5.90. The van der Waals surface area contributed by atoms with Gasteiger partial charge in [0.15, 0.2) is 0 Å². The minimum atomic E-state index is -0.264. The Hall–Kier alpha value is -2.57. The van der Waals surface area contributed by atoms with Crippen LogP contribution in [0.3, 0.4) is 0 Å². The molecule has 0 bridgehead atoms. The number of rotatable bonds is 5. The van der Waals surface area contributed by atoms with E-state index >= 15 is 0 Å². The lowest BCUT2D eigenvalue weighted by Gasteiger charge is -2.34. The van der Waals surface area contributed by atoms with Crippen molar-refractivity contribution in [2.24, 2.45) is 5.92 Å². The molecule has 0 spiro atoms. The Morgan fingerprint density at radius 2 is 1.96 bits per heavy atom. The monoisotopic (exact) mass is 346 g/mol. The number of hydrogen-bond acceptors (Lipinski definition) is 3. The fourth-order valence-electron chi connectivity index (χ4n) is 2.94. The van der Waals surface area contributed by atoms with Gasteiger partial charge in [-0.2, -0.15) is 0 Å². The smallest absolute Gasteiger partial charge is 0.321 e. The van der Waals surface area contributed by atoms with E-state index in [-0.39, 0.29) is 30.3 Å². The van der Waals surface area contributed by atoms with Crippen molar-refractivity contribution in [3.63, 3.8) is 0 Å². The molecular weight excluding hydrogens is 320 g/mol. The Morgan fingerprint density at radius 3 is 2.60 bits per heavy atom. The molecule has 1 heterocycles. The molecule has 1 fully saturated rings. The van der Waals surface area contributed by atoms with Gasteiger partial charge in [-0.25, -0.2) is 4.79 Å². The maximum atomic E-state index is 12.7. The lowest BCUT2D eigenvalue weighted by molar-refractivity contribution is -0.140. The fraction of sp³-hybridized carbons (Fsp3) is 0.500. The zero-order chi connectivity index (χ0) is 18.2. The second-order valence-electron chi connectivity index (χ2n) is 6.11. The van der Waals surface area contributed by atoms with Gasteiger partial charge >= 0.3 is 6.03 Å². The molecule has 2 N–H and O–H groups in total. The molecule has 7 heteroatoms. The Bertz CT molecular complexity index is 606. The molecule has 1 atom stereocenters. The molecule has 1 saturated heterocycles. The third-order valence-electron chi connectivity index (χ3n) is 4.39. The highest BCUT2D eigenvalue weighted by atomic mass is 16.2. The summed E-state index contributed by atoms with van der Waals surface area (Å²) in [7, 11) is 1.55. The van der Waals surface area contributed by atoms with E-state index < -0.39 is 0 Å². The maximum Gasteiger partial charge on any atom is 0.321 e. The highest BCUT2D eigenvalue weighted by Gasteiger charge is 2.31. The average molecular weight is 346 g/mol. The Balaban J connectivity index is 1.95. The summed E-state index contributed by atoms with van der Waals surface area (Å²) >= 11 is 0. The normalized spacial score (nSPS) is 16.9. The van der Waals surface area contributed by atoms with Gasteiger partial charge in [0.2, 0.25) is 11.8 Å². The molecule has 1 aliphatic rings. The summed E-state index contributed by atoms with van der Waals surface area (Å²) < 4.78 is 0. The van der Waals surface area contributed by atoms with Crippen LogP contribution in [0.1, 0.15) is 19.8 Å². The van der Waals surface area contributed by atoms with Crippen LogP contribution in [0.25, 0.3) is 0 Å². The fourth-order valence-corrected chi connectivity index (χ4v) is 2.94. The van der Waals surface area contributed by atoms with Crippen LogP contribution < -0.4 is 10.6 Å². The van der Waals surface area contributed by atoms with Crippen LogP contribution in [-0.4, -0.2) is 60.9 Å². The van der Waals surface area contributed by atoms with E-state index in [4.69, 9.17) is 0 Å². The number of carbonyl (C=O) groups is 3. The first-order valence-electron chi connectivity index (χ1n) is 8.65. The number of likely N-dealkylation sites (N-methyl/N-ethyl adjacent to an activating group) is 2. The quantitative estimate of drug-likeness (QED) is 0.848. The summed E-state index contributed by atoms with van der Waals surface area (Å²) in [6.07, 6.45) is 1.51. The number of hydrogen-bond donors (Lipinski definition) is 2. The van der Waals surface area contributed by atoms with Gasteiger partial charge in [0, 0.05) is 32.4 Å². The summed E-state index contributed by atoms with van der Waals surface area (Å²) in [6.45, 7) is 3.38. The number of nitrogens with one attached hydrogen (secondary N) is 2. The highest BCUT2D eigenvalue weighted by Crippen LogP contribution is 2.20. The number of para-hydroxylation sites is 1. The first kappa shape index (κ1) is 18.8. The van der Waals surface area contributed by atoms with Crippen molar-refractivity contribution in [3.05, 3.63) is 30.3 Å². The van der Waals surface area contributed by atoms with Crippen LogP contribution in [-0.2, 0) is 9.59 Å². The summed E-state index contributed by atoms with van der Waals surface area (Å²) in [5.74, 6) is -0.520. The van der Waals surface area contributed by atoms with Crippen molar-refractivity contribution >= 4 is 23.5 Å². The molecule has 1 aromatic carbocycles. The number of likely N-dealkylation sites (tertiary alicyclic amines) is 1. The standard InChI is InChI=1S/C18H26N4O3/c1-3-21(13-16(23)19-2)17(24)14-8-7-11-22(12-14)18(25)20-15-9-5-4-6-10-15/h4-6,9-10,14H,3,7-8,11-13H2,1-2H3,(H,19,23)(H,20,25)/t14-/m1/s1. The first-order valence-corrected chi connectivity index (χ1v) is 8.65. The molecule has 0 aromatic heterocycles. The van der Waals surface area contributed by atoms with Gasteiger partial charge in [-0.15, -0.1) is 0 Å². The number of urea groups is 1. The third-order valence-corrected chi connectivity index (χ3v) is 4.39. The number of nitrogens with zero attached hydrogens (tertiary/aromatic N) is 2. The second-order valence-corrected chi connectivity index (χ2v) is 6.11. The van der Waals surface area contributed by atoms with Crippen LogP contribution in [0.2, 0.25) is 0 Å². The van der Waals surface area contributed by atoms with E-state index in [1.165, 1.54) is 0 Å². The van der Waals surface area contributed by atoms with E-state index in [2.05, 4.69) is 10.6 Å². The Labute approximate surface area is 148 Å². The molecule has 4 amide bonds. The zero-order valence-electron chi connectivity index (χ0n) is 14.8. The third kappa shape index (κ3) is 5.20. The molecule has 1 aromatic rings. The van der Waals surface area contributed by atoms with E-state index in [0.29, 0.717) is 19.6 Å². The largest absolute Gasteiger partial charge is 0.358 e. The van der Waals surface area contributed by atoms with Crippen LogP contribution >= 0.6 is 0 Å². The number of amides is 4. The lowest BCUT2D eigenvalue weighted by Crippen LogP contribution is -2.49. The van der Waals surface area contributed by atoms with Gasteiger partial charge in [0.25, 0.3) is 0 Å². The summed E-state index contributed by atoms with van der Waals surface area (Å²) in [4.78, 5) is 39.9. The number of anilines is 1. The predicted octanol–water partition coefficient (Wildman–Crippen LogP) is 1.52. The van der Waals surface area contributed by atoms with Crippen LogP contribution in [0.5, 0.6) is 0 Å². The van der Waals surface area contributed by atoms with E-state index in [9.17, 15) is 14.4 Å². The van der Waals surface area contributed by atoms with Crippen molar-refractivity contribution < 1.29 is 14.4 Å². The molecule has 0 radical (unpaired) electrons. The summed E-state index contributed by atoms with van der Waals surface area (Å²) in [5, 5.41) is 5.39. The topological polar surface area (TPSA) is 81.8 Å². The van der Waals surface area contributed by atoms with Gasteiger partial charge in [0.05, 0.1) is 12.5 Å². The first-order chi connectivity index (χ1) is 12.0. The lowest BCUT2D eigenvalue weighted by atomic mass is 9.96. The molecule has 25 heavy (non-hydrogen) atoms. The molecule has 0 aliphatic carbocycles. The summed E-state index contributed by atoms with van der Waals surface area (Å²) in [5.41, 5.74) is 0.732. The predicted molar refractivity (Wildman–Crippen MR) is 96.1 cm³/mol. The van der Waals surface area contributed by atoms with Gasteiger partial charge in [-0.05, 0) is 31.9 Å². The SMILES string of the molecule is CCN(CC(=O)NC)C(=O)[C@@H]1CCCN(C(=O)Nc2ccccc2)C1. The molecule has 7 nitrogen and oxygen atoms in total. The Morgan fingerprint density at radius 1 is 1.24 bits per heavy atom. The van der Waals surface area contributed by atoms with Gasteiger partial charge < -0.3 is 20.4 Å². The molecule has 2 rings (SSSR count). The second kappa shape index (κ2) is 9.05. The number of carbonyl (C=O) groups excluding carboxylic acids is 3. The van der Waals surface area contributed by atoms with E-state index in [1.807, 2.05) is 37.3 Å². The number of benzene rings is 1. The van der Waals surface area contributed by atoms with Crippen molar-refractivity contribution in [2.75, 3.05) is 38.5 Å². The molecule has 0 unspecified atom stereocenters. The average Bonchev–Trinajstić information content (AvgIpc) is 2.66. The van der Waals surface area contributed by atoms with E-state index in [0.717, 1.165) is 18.5 Å². The maximum absolute atomic E-state index is 12.7. The molecule has 1 aliphatic heterocycles. The van der Waals surface area contributed by atoms with Crippen molar-refractivity contribution in [1.82, 2.24) is 15.1 Å². The van der Waals surface area contributed by atoms with Crippen molar-refractivity contribution in [2.45, 2.75) is 19.8 Å². The number of piperidine rings is 1. The van der Waals surface area contributed by atoms with Crippen LogP contribution in [0, 0.1) is 5.92 Å². The van der Waals surface area contributed by atoms with Gasteiger partial charge in [0.1, 0.15) is 0 Å². The zero-order valence-corrected chi connectivity index (χ0v) is 14.8. The Kier molecular flexibility index (Phi) is 6.80. The van der Waals surface area contributed by atoms with Gasteiger partial charge in [-0.3, -0.25) is 9.59 Å². The van der Waals surface area contributed by atoms with Crippen LogP contribution in [0.4, 0.5) is 10.5 Å². The van der Waals surface area contributed by atoms with E-state index in [1.54, 1.807) is 16.8 Å². The molecular formula is C18H26N4O3. The van der Waals surface area contributed by atoms with Crippen LogP contribution in [0.15, 0.2) is 30.3 Å². The molecule has 0 saturated carbocycles. The minimum Gasteiger partial charge on any atom is -0.358 e. The van der Waals surface area contributed by atoms with Crippen molar-refractivity contribution in [3.8, 4) is 0 Å². The minimum absolute atomic E-state index is 0.0541. The molecule has 136 valence electrons. The van der Waals surface area contributed by atoms with Crippen molar-refractivity contribution in [1.29, 1.82) is 0 Å².